The lowest BCUT2D eigenvalue weighted by Crippen LogP contribution is -2.31. The number of hydrogen-bond donors (Lipinski definition) is 0. The van der Waals surface area contributed by atoms with E-state index in [9.17, 15) is 4.79 Å². The summed E-state index contributed by atoms with van der Waals surface area (Å²) < 4.78 is 10.7. The molecular formula is C17H17NO3S. The number of amides is 1. The predicted molar refractivity (Wildman–Crippen MR) is 84.3 cm³/mol. The van der Waals surface area contributed by atoms with E-state index in [0.717, 1.165) is 36.4 Å². The van der Waals surface area contributed by atoms with Gasteiger partial charge in [-0.15, -0.1) is 11.3 Å². The largest absolute Gasteiger partial charge is 0.454 e. The van der Waals surface area contributed by atoms with E-state index in [2.05, 4.69) is 17.5 Å². The molecule has 0 bridgehead atoms. The molecule has 4 nitrogen and oxygen atoms in total. The van der Waals surface area contributed by atoms with Gasteiger partial charge in [0, 0.05) is 11.4 Å². The summed E-state index contributed by atoms with van der Waals surface area (Å²) in [6, 6.07) is 10.2. The molecule has 1 unspecified atom stereocenters. The normalized spacial score (nSPS) is 19.6. The van der Waals surface area contributed by atoms with Crippen molar-refractivity contribution in [2.75, 3.05) is 13.3 Å². The molecule has 5 heteroatoms. The minimum absolute atomic E-state index is 0.190. The van der Waals surface area contributed by atoms with Crippen molar-refractivity contribution < 1.29 is 14.3 Å². The van der Waals surface area contributed by atoms with E-state index in [-0.39, 0.29) is 18.7 Å². The second-order valence-corrected chi connectivity index (χ2v) is 6.60. The Morgan fingerprint density at radius 1 is 1.27 bits per heavy atom. The molecule has 1 saturated heterocycles. The average molecular weight is 315 g/mol. The van der Waals surface area contributed by atoms with Crippen molar-refractivity contribution in [3.63, 3.8) is 0 Å². The van der Waals surface area contributed by atoms with Crippen LogP contribution in [-0.4, -0.2) is 24.1 Å². The third-order valence-electron chi connectivity index (χ3n) is 4.24. The number of fused-ring (bicyclic) bond motifs is 1. The summed E-state index contributed by atoms with van der Waals surface area (Å²) in [5.41, 5.74) is 0.978. The van der Waals surface area contributed by atoms with Gasteiger partial charge in [0.15, 0.2) is 11.5 Å². The first-order valence-electron chi connectivity index (χ1n) is 7.52. The standard InChI is InChI=1S/C17H17NO3S/c19-17(10-12-5-6-14-15(9-12)21-11-20-14)18-7-1-3-13(18)16-4-2-8-22-16/h2,4-6,8-9,13H,1,3,7,10-11H2. The topological polar surface area (TPSA) is 38.8 Å². The Bertz CT molecular complexity index is 683. The lowest BCUT2D eigenvalue weighted by molar-refractivity contribution is -0.131. The van der Waals surface area contributed by atoms with Crippen LogP contribution < -0.4 is 9.47 Å². The average Bonchev–Trinajstić information content (AvgIpc) is 3.26. The molecule has 0 spiro atoms. The number of rotatable bonds is 3. The quantitative estimate of drug-likeness (QED) is 0.871. The molecule has 2 aromatic rings. The third-order valence-corrected chi connectivity index (χ3v) is 5.21. The fourth-order valence-electron chi connectivity index (χ4n) is 3.17. The van der Waals surface area contributed by atoms with Crippen molar-refractivity contribution >= 4 is 17.2 Å². The van der Waals surface area contributed by atoms with Gasteiger partial charge < -0.3 is 14.4 Å². The second-order valence-electron chi connectivity index (χ2n) is 5.62. The van der Waals surface area contributed by atoms with Crippen LogP contribution >= 0.6 is 11.3 Å². The molecular weight excluding hydrogens is 298 g/mol. The number of benzene rings is 1. The van der Waals surface area contributed by atoms with Gasteiger partial charge >= 0.3 is 0 Å². The van der Waals surface area contributed by atoms with Crippen LogP contribution in [0.15, 0.2) is 35.7 Å². The molecule has 0 radical (unpaired) electrons. The van der Waals surface area contributed by atoms with Crippen LogP contribution in [0.5, 0.6) is 11.5 Å². The van der Waals surface area contributed by atoms with Crippen molar-refractivity contribution in [3.05, 3.63) is 46.2 Å². The molecule has 114 valence electrons. The van der Waals surface area contributed by atoms with Gasteiger partial charge in [0.25, 0.3) is 0 Å². The molecule has 1 aromatic carbocycles. The summed E-state index contributed by atoms with van der Waals surface area (Å²) in [5.74, 6) is 1.69. The number of carbonyl (C=O) groups excluding carboxylic acids is 1. The van der Waals surface area contributed by atoms with Gasteiger partial charge in [0.2, 0.25) is 12.7 Å². The first kappa shape index (κ1) is 13.6. The minimum atomic E-state index is 0.190. The van der Waals surface area contributed by atoms with Crippen LogP contribution in [0.3, 0.4) is 0 Å². The minimum Gasteiger partial charge on any atom is -0.454 e. The van der Waals surface area contributed by atoms with E-state index in [1.807, 2.05) is 23.1 Å². The summed E-state index contributed by atoms with van der Waals surface area (Å²) in [5, 5.41) is 2.08. The summed E-state index contributed by atoms with van der Waals surface area (Å²) >= 11 is 1.73. The van der Waals surface area contributed by atoms with E-state index in [4.69, 9.17) is 9.47 Å². The molecule has 0 aliphatic carbocycles. The number of carbonyl (C=O) groups is 1. The lowest BCUT2D eigenvalue weighted by atomic mass is 10.1. The summed E-state index contributed by atoms with van der Waals surface area (Å²) in [6.45, 7) is 1.12. The predicted octanol–water partition coefficient (Wildman–Crippen LogP) is 3.38. The SMILES string of the molecule is O=C(Cc1ccc2c(c1)OCO2)N1CCCC1c1cccs1. The highest BCUT2D eigenvalue weighted by Gasteiger charge is 2.30. The molecule has 0 saturated carbocycles. The Morgan fingerprint density at radius 2 is 2.18 bits per heavy atom. The zero-order valence-corrected chi connectivity index (χ0v) is 13.0. The smallest absolute Gasteiger partial charge is 0.231 e. The van der Waals surface area contributed by atoms with Gasteiger partial charge in [0.1, 0.15) is 0 Å². The molecule has 22 heavy (non-hydrogen) atoms. The Kier molecular flexibility index (Phi) is 3.50. The Balaban J connectivity index is 1.49. The first-order valence-corrected chi connectivity index (χ1v) is 8.40. The maximum atomic E-state index is 12.7. The van der Waals surface area contributed by atoms with E-state index >= 15 is 0 Å². The van der Waals surface area contributed by atoms with Gasteiger partial charge in [-0.3, -0.25) is 4.79 Å². The fourth-order valence-corrected chi connectivity index (χ4v) is 4.04. The monoisotopic (exact) mass is 315 g/mol. The Labute approximate surface area is 133 Å². The van der Waals surface area contributed by atoms with Crippen molar-refractivity contribution in [2.24, 2.45) is 0 Å². The third kappa shape index (κ3) is 2.46. The highest BCUT2D eigenvalue weighted by molar-refractivity contribution is 7.10. The van der Waals surface area contributed by atoms with Crippen LogP contribution in [0.25, 0.3) is 0 Å². The van der Waals surface area contributed by atoms with Gasteiger partial charge in [-0.2, -0.15) is 0 Å². The molecule has 0 N–H and O–H groups in total. The molecule has 1 amide bonds. The molecule has 1 atom stereocenters. The van der Waals surface area contributed by atoms with Crippen molar-refractivity contribution in [2.45, 2.75) is 25.3 Å². The maximum Gasteiger partial charge on any atom is 0.231 e. The maximum absolute atomic E-state index is 12.7. The molecule has 1 fully saturated rings. The van der Waals surface area contributed by atoms with Gasteiger partial charge in [-0.25, -0.2) is 0 Å². The Morgan fingerprint density at radius 3 is 3.05 bits per heavy atom. The highest BCUT2D eigenvalue weighted by atomic mass is 32.1. The number of hydrogen-bond acceptors (Lipinski definition) is 4. The molecule has 2 aliphatic rings. The van der Waals surface area contributed by atoms with Crippen LogP contribution in [0.2, 0.25) is 0 Å². The lowest BCUT2D eigenvalue weighted by Gasteiger charge is -2.24. The number of nitrogens with zero attached hydrogens (tertiary/aromatic N) is 1. The number of thiophene rings is 1. The van der Waals surface area contributed by atoms with E-state index < -0.39 is 0 Å². The summed E-state index contributed by atoms with van der Waals surface area (Å²) in [6.07, 6.45) is 2.56. The van der Waals surface area contributed by atoms with Crippen LogP contribution in [0, 0.1) is 0 Å². The Hall–Kier alpha value is -2.01. The van der Waals surface area contributed by atoms with Crippen molar-refractivity contribution in [3.8, 4) is 11.5 Å². The fraction of sp³-hybridized carbons (Fsp3) is 0.353. The van der Waals surface area contributed by atoms with Crippen LogP contribution in [0.4, 0.5) is 0 Å². The molecule has 4 rings (SSSR count). The highest BCUT2D eigenvalue weighted by Crippen LogP contribution is 2.36. The van der Waals surface area contributed by atoms with Crippen LogP contribution in [0.1, 0.15) is 29.3 Å². The summed E-state index contributed by atoms with van der Waals surface area (Å²) in [7, 11) is 0. The van der Waals surface area contributed by atoms with E-state index in [1.165, 1.54) is 4.88 Å². The van der Waals surface area contributed by atoms with E-state index in [0.29, 0.717) is 6.42 Å². The van der Waals surface area contributed by atoms with Gasteiger partial charge in [0.05, 0.1) is 12.5 Å². The zero-order chi connectivity index (χ0) is 14.9. The van der Waals surface area contributed by atoms with Gasteiger partial charge in [-0.05, 0) is 42.0 Å². The number of ether oxygens (including phenoxy) is 2. The number of likely N-dealkylation sites (tertiary alicyclic amines) is 1. The van der Waals surface area contributed by atoms with Crippen molar-refractivity contribution in [1.82, 2.24) is 4.90 Å². The molecule has 2 aliphatic heterocycles. The summed E-state index contributed by atoms with van der Waals surface area (Å²) in [4.78, 5) is 16.0. The molecule has 3 heterocycles. The second kappa shape index (κ2) is 5.65. The van der Waals surface area contributed by atoms with E-state index in [1.54, 1.807) is 11.3 Å². The zero-order valence-electron chi connectivity index (χ0n) is 12.2. The first-order chi connectivity index (χ1) is 10.8. The van der Waals surface area contributed by atoms with Gasteiger partial charge in [-0.1, -0.05) is 12.1 Å². The van der Waals surface area contributed by atoms with Crippen molar-refractivity contribution in [1.29, 1.82) is 0 Å². The molecule has 1 aromatic heterocycles. The van der Waals surface area contributed by atoms with Crippen LogP contribution in [-0.2, 0) is 11.2 Å².